The summed E-state index contributed by atoms with van der Waals surface area (Å²) in [6.07, 6.45) is 1.62. The highest BCUT2D eigenvalue weighted by atomic mass is 16.5. The quantitative estimate of drug-likeness (QED) is 0.207. The SMILES string of the molecule is CCC(Cc1ccc(N(c2ccccc2)c2ccc(OC)cc2)cc1)(c1ccc(O)cc1)c1ccc(O)cc1. The molecule has 5 aromatic rings. The van der Waals surface area contributed by atoms with Crippen molar-refractivity contribution in [1.82, 2.24) is 0 Å². The molecule has 0 aliphatic rings. The number of aromatic hydroxyl groups is 2. The average molecular weight is 516 g/mol. The number of methoxy groups -OCH3 is 1. The molecular weight excluding hydrogens is 482 g/mol. The molecule has 0 spiro atoms. The Labute approximate surface area is 230 Å². The lowest BCUT2D eigenvalue weighted by molar-refractivity contribution is 0.415. The molecule has 0 saturated heterocycles. The molecule has 0 radical (unpaired) electrons. The van der Waals surface area contributed by atoms with E-state index >= 15 is 0 Å². The maximum Gasteiger partial charge on any atom is 0.119 e. The van der Waals surface area contributed by atoms with E-state index in [2.05, 4.69) is 60.4 Å². The third-order valence-corrected chi connectivity index (χ3v) is 7.49. The van der Waals surface area contributed by atoms with E-state index in [0.717, 1.165) is 46.8 Å². The molecule has 0 amide bonds. The molecule has 0 aromatic heterocycles. The van der Waals surface area contributed by atoms with Crippen LogP contribution in [-0.2, 0) is 11.8 Å². The van der Waals surface area contributed by atoms with Gasteiger partial charge in [0.25, 0.3) is 0 Å². The molecule has 196 valence electrons. The first-order valence-corrected chi connectivity index (χ1v) is 13.2. The van der Waals surface area contributed by atoms with Crippen molar-refractivity contribution in [2.45, 2.75) is 25.2 Å². The second-order valence-corrected chi connectivity index (χ2v) is 9.74. The zero-order valence-electron chi connectivity index (χ0n) is 22.3. The van der Waals surface area contributed by atoms with E-state index in [1.165, 1.54) is 5.56 Å². The second-order valence-electron chi connectivity index (χ2n) is 9.74. The van der Waals surface area contributed by atoms with E-state index in [-0.39, 0.29) is 16.9 Å². The van der Waals surface area contributed by atoms with Crippen LogP contribution in [0.15, 0.2) is 127 Å². The van der Waals surface area contributed by atoms with Crippen LogP contribution in [0, 0.1) is 0 Å². The van der Waals surface area contributed by atoms with E-state index in [4.69, 9.17) is 4.74 Å². The lowest BCUT2D eigenvalue weighted by atomic mass is 9.68. The van der Waals surface area contributed by atoms with Crippen molar-refractivity contribution in [3.8, 4) is 17.2 Å². The number of phenols is 2. The van der Waals surface area contributed by atoms with Crippen molar-refractivity contribution in [3.05, 3.63) is 144 Å². The zero-order valence-corrected chi connectivity index (χ0v) is 22.3. The first-order valence-electron chi connectivity index (χ1n) is 13.2. The van der Waals surface area contributed by atoms with E-state index in [9.17, 15) is 10.2 Å². The molecule has 0 fully saturated rings. The lowest BCUT2D eigenvalue weighted by Crippen LogP contribution is -2.29. The molecule has 0 heterocycles. The van der Waals surface area contributed by atoms with Gasteiger partial charge in [0.2, 0.25) is 0 Å². The third kappa shape index (κ3) is 5.46. The van der Waals surface area contributed by atoms with Gasteiger partial charge in [0.05, 0.1) is 7.11 Å². The Hall–Kier alpha value is -4.70. The van der Waals surface area contributed by atoms with Gasteiger partial charge in [-0.15, -0.1) is 0 Å². The van der Waals surface area contributed by atoms with Crippen molar-refractivity contribution in [2.75, 3.05) is 12.0 Å². The molecule has 4 nitrogen and oxygen atoms in total. The van der Waals surface area contributed by atoms with Gasteiger partial charge in [-0.3, -0.25) is 0 Å². The van der Waals surface area contributed by atoms with Gasteiger partial charge in [-0.2, -0.15) is 0 Å². The van der Waals surface area contributed by atoms with Crippen LogP contribution in [0.1, 0.15) is 30.0 Å². The molecule has 5 aromatic carbocycles. The number of anilines is 3. The number of nitrogens with zero attached hydrogens (tertiary/aromatic N) is 1. The summed E-state index contributed by atoms with van der Waals surface area (Å²) in [6, 6.07) is 42.1. The Bertz CT molecular complexity index is 1430. The van der Waals surface area contributed by atoms with Gasteiger partial charge in [0, 0.05) is 22.5 Å². The monoisotopic (exact) mass is 515 g/mol. The normalized spacial score (nSPS) is 11.2. The minimum atomic E-state index is -0.321. The molecule has 5 rings (SSSR count). The van der Waals surface area contributed by atoms with Gasteiger partial charge in [-0.1, -0.05) is 61.5 Å². The van der Waals surface area contributed by atoms with Crippen molar-refractivity contribution in [1.29, 1.82) is 0 Å². The fraction of sp³-hybridized carbons (Fsp3) is 0.143. The molecule has 0 aliphatic carbocycles. The number of hydrogen-bond acceptors (Lipinski definition) is 4. The van der Waals surface area contributed by atoms with Crippen molar-refractivity contribution >= 4 is 17.1 Å². The van der Waals surface area contributed by atoms with Crippen LogP contribution in [0.4, 0.5) is 17.1 Å². The van der Waals surface area contributed by atoms with E-state index in [1.807, 2.05) is 54.6 Å². The van der Waals surface area contributed by atoms with Crippen molar-refractivity contribution < 1.29 is 14.9 Å². The Balaban J connectivity index is 1.53. The van der Waals surface area contributed by atoms with Gasteiger partial charge >= 0.3 is 0 Å². The average Bonchev–Trinajstić information content (AvgIpc) is 2.99. The number of phenolic OH excluding ortho intramolecular Hbond substituents is 2. The second kappa shape index (κ2) is 11.4. The summed E-state index contributed by atoms with van der Waals surface area (Å²) in [5.41, 5.74) is 6.31. The molecule has 0 unspecified atom stereocenters. The Morgan fingerprint density at radius 2 is 1.05 bits per heavy atom. The van der Waals surface area contributed by atoms with Crippen molar-refractivity contribution in [2.24, 2.45) is 0 Å². The molecular formula is C35H33NO3. The number of benzene rings is 5. The molecule has 0 saturated carbocycles. The highest BCUT2D eigenvalue weighted by Gasteiger charge is 2.33. The lowest BCUT2D eigenvalue weighted by Gasteiger charge is -2.35. The predicted octanol–water partition coefficient (Wildman–Crippen LogP) is 8.52. The number of ether oxygens (including phenoxy) is 1. The minimum absolute atomic E-state index is 0.248. The van der Waals surface area contributed by atoms with Crippen LogP contribution in [0.2, 0.25) is 0 Å². The molecule has 0 aliphatic heterocycles. The van der Waals surface area contributed by atoms with Gasteiger partial charge in [-0.05, 0) is 102 Å². The van der Waals surface area contributed by atoms with Gasteiger partial charge in [0.15, 0.2) is 0 Å². The van der Waals surface area contributed by atoms with E-state index in [0.29, 0.717) is 0 Å². The van der Waals surface area contributed by atoms with Crippen LogP contribution >= 0.6 is 0 Å². The smallest absolute Gasteiger partial charge is 0.119 e. The van der Waals surface area contributed by atoms with Crippen LogP contribution in [0.5, 0.6) is 17.2 Å². The molecule has 39 heavy (non-hydrogen) atoms. The van der Waals surface area contributed by atoms with Gasteiger partial charge < -0.3 is 19.8 Å². The molecule has 2 N–H and O–H groups in total. The largest absolute Gasteiger partial charge is 0.508 e. The Kier molecular flexibility index (Phi) is 7.55. The van der Waals surface area contributed by atoms with Crippen LogP contribution < -0.4 is 9.64 Å². The highest BCUT2D eigenvalue weighted by molar-refractivity contribution is 5.76. The standard InChI is InChI=1S/C35H33NO3/c1-3-35(27-11-19-32(37)20-12-27,28-13-21-33(38)22-14-28)25-26-9-15-30(16-10-26)36(29-7-5-4-6-8-29)31-17-23-34(39-2)24-18-31/h4-24,37-38H,3,25H2,1-2H3. The minimum Gasteiger partial charge on any atom is -0.508 e. The summed E-state index contributed by atoms with van der Waals surface area (Å²) in [6.45, 7) is 2.19. The van der Waals surface area contributed by atoms with Crippen LogP contribution in [-0.4, -0.2) is 17.3 Å². The van der Waals surface area contributed by atoms with Gasteiger partial charge in [0.1, 0.15) is 17.2 Å². The number of para-hydroxylation sites is 1. The molecule has 4 heteroatoms. The first kappa shape index (κ1) is 25.9. The maximum atomic E-state index is 9.95. The van der Waals surface area contributed by atoms with Gasteiger partial charge in [-0.25, -0.2) is 0 Å². The number of rotatable bonds is 9. The zero-order chi connectivity index (χ0) is 27.2. The molecule has 0 bridgehead atoms. The van der Waals surface area contributed by atoms with E-state index < -0.39 is 0 Å². The maximum absolute atomic E-state index is 9.95. The summed E-state index contributed by atoms with van der Waals surface area (Å²) < 4.78 is 5.37. The Morgan fingerprint density at radius 3 is 1.51 bits per heavy atom. The number of hydrogen-bond donors (Lipinski definition) is 2. The summed E-state index contributed by atoms with van der Waals surface area (Å²) in [5.74, 6) is 1.32. The Morgan fingerprint density at radius 1 is 0.590 bits per heavy atom. The van der Waals surface area contributed by atoms with E-state index in [1.54, 1.807) is 31.4 Å². The summed E-state index contributed by atoms with van der Waals surface area (Å²) in [4.78, 5) is 2.23. The third-order valence-electron chi connectivity index (χ3n) is 7.49. The van der Waals surface area contributed by atoms with Crippen LogP contribution in [0.25, 0.3) is 0 Å². The summed E-state index contributed by atoms with van der Waals surface area (Å²) >= 11 is 0. The predicted molar refractivity (Wildman–Crippen MR) is 159 cm³/mol. The fourth-order valence-corrected chi connectivity index (χ4v) is 5.33. The van der Waals surface area contributed by atoms with Crippen molar-refractivity contribution in [3.63, 3.8) is 0 Å². The van der Waals surface area contributed by atoms with Crippen LogP contribution in [0.3, 0.4) is 0 Å². The summed E-state index contributed by atoms with van der Waals surface area (Å²) in [7, 11) is 1.68. The first-order chi connectivity index (χ1) is 19.0. The topological polar surface area (TPSA) is 52.9 Å². The molecule has 0 atom stereocenters. The highest BCUT2D eigenvalue weighted by Crippen LogP contribution is 2.41. The summed E-state index contributed by atoms with van der Waals surface area (Å²) in [5, 5.41) is 19.9. The fourth-order valence-electron chi connectivity index (χ4n) is 5.33.